The molecular formula is C16H16N2O6. The summed E-state index contributed by atoms with van der Waals surface area (Å²) in [6.45, 7) is 3.71. The van der Waals surface area contributed by atoms with Crippen molar-refractivity contribution in [1.82, 2.24) is 9.97 Å². The third-order valence-corrected chi connectivity index (χ3v) is 2.98. The van der Waals surface area contributed by atoms with Gasteiger partial charge in [-0.05, 0) is 26.0 Å². The summed E-state index contributed by atoms with van der Waals surface area (Å²) in [6, 6.07) is 2.33. The van der Waals surface area contributed by atoms with Gasteiger partial charge >= 0.3 is 11.9 Å². The summed E-state index contributed by atoms with van der Waals surface area (Å²) in [6.07, 6.45) is 2.40. The maximum absolute atomic E-state index is 11.6. The zero-order valence-electron chi connectivity index (χ0n) is 13.1. The number of hydrogen-bond acceptors (Lipinski definition) is 8. The van der Waals surface area contributed by atoms with Crippen molar-refractivity contribution in [1.29, 1.82) is 0 Å². The third kappa shape index (κ3) is 3.60. The smallest absolute Gasteiger partial charge is 0.339 e. The van der Waals surface area contributed by atoms with Crippen molar-refractivity contribution in [3.05, 3.63) is 35.7 Å². The first-order chi connectivity index (χ1) is 11.5. The highest BCUT2D eigenvalue weighted by Crippen LogP contribution is 2.32. The van der Waals surface area contributed by atoms with E-state index in [1.54, 1.807) is 13.8 Å². The molecule has 24 heavy (non-hydrogen) atoms. The van der Waals surface area contributed by atoms with Gasteiger partial charge in [-0.2, -0.15) is 0 Å². The maximum atomic E-state index is 11.6. The number of nitrogens with zero attached hydrogens (tertiary/aromatic N) is 2. The molecule has 0 aliphatic heterocycles. The largest absolute Gasteiger partial charge is 0.506 e. The number of hydrogen-bond donors (Lipinski definition) is 2. The molecule has 2 aromatic heterocycles. The Kier molecular flexibility index (Phi) is 5.31. The zero-order chi connectivity index (χ0) is 17.7. The van der Waals surface area contributed by atoms with E-state index in [2.05, 4.69) is 9.97 Å². The lowest BCUT2D eigenvalue weighted by Crippen LogP contribution is -2.06. The third-order valence-electron chi connectivity index (χ3n) is 2.98. The van der Waals surface area contributed by atoms with E-state index in [9.17, 15) is 19.8 Å². The Morgan fingerprint density at radius 1 is 0.875 bits per heavy atom. The molecule has 126 valence electrons. The highest BCUT2D eigenvalue weighted by Gasteiger charge is 2.18. The van der Waals surface area contributed by atoms with Crippen LogP contribution in [0.5, 0.6) is 11.5 Å². The molecule has 0 unspecified atom stereocenters. The second-order valence-corrected chi connectivity index (χ2v) is 4.62. The standard InChI is InChI=1S/C16H16N2O6/c1-3-23-15(21)9-5-11(19)13(17-7-9)14-12(20)6-10(8-18-14)16(22)24-4-2/h5-8,19-20H,3-4H2,1-2H3. The van der Waals surface area contributed by atoms with E-state index in [0.29, 0.717) is 0 Å². The summed E-state index contributed by atoms with van der Waals surface area (Å²) in [5, 5.41) is 20.1. The van der Waals surface area contributed by atoms with Crippen molar-refractivity contribution in [2.45, 2.75) is 13.8 Å². The van der Waals surface area contributed by atoms with E-state index in [0.717, 1.165) is 0 Å². The number of aromatic nitrogens is 2. The molecule has 0 amide bonds. The van der Waals surface area contributed by atoms with Crippen molar-refractivity contribution in [2.24, 2.45) is 0 Å². The van der Waals surface area contributed by atoms with Crippen LogP contribution in [0.25, 0.3) is 11.4 Å². The van der Waals surface area contributed by atoms with Crippen LogP contribution >= 0.6 is 0 Å². The average molecular weight is 332 g/mol. The van der Waals surface area contributed by atoms with Crippen LogP contribution < -0.4 is 0 Å². The quantitative estimate of drug-likeness (QED) is 0.797. The molecule has 0 radical (unpaired) electrons. The van der Waals surface area contributed by atoms with Gasteiger partial charge in [-0.25, -0.2) is 19.6 Å². The summed E-state index contributed by atoms with van der Waals surface area (Å²) in [5.74, 6) is -1.96. The van der Waals surface area contributed by atoms with Crippen LogP contribution in [0.4, 0.5) is 0 Å². The van der Waals surface area contributed by atoms with Crippen molar-refractivity contribution in [3.8, 4) is 22.9 Å². The van der Waals surface area contributed by atoms with Gasteiger partial charge in [0, 0.05) is 12.4 Å². The molecule has 0 fully saturated rings. The van der Waals surface area contributed by atoms with Crippen molar-refractivity contribution < 1.29 is 29.3 Å². The Hall–Kier alpha value is -3.16. The van der Waals surface area contributed by atoms with Crippen LogP contribution in [0.1, 0.15) is 34.6 Å². The van der Waals surface area contributed by atoms with Gasteiger partial charge in [0.1, 0.15) is 22.9 Å². The lowest BCUT2D eigenvalue weighted by molar-refractivity contribution is 0.0516. The van der Waals surface area contributed by atoms with Gasteiger partial charge in [0.15, 0.2) is 0 Å². The Balaban J connectivity index is 2.35. The maximum Gasteiger partial charge on any atom is 0.339 e. The molecule has 2 N–H and O–H groups in total. The van der Waals surface area contributed by atoms with Crippen LogP contribution in [-0.2, 0) is 9.47 Å². The molecule has 0 saturated heterocycles. The summed E-state index contributed by atoms with van der Waals surface area (Å²) in [5.41, 5.74) is 0.0772. The van der Waals surface area contributed by atoms with Crippen LogP contribution in [0.2, 0.25) is 0 Å². The van der Waals surface area contributed by atoms with Gasteiger partial charge in [-0.15, -0.1) is 0 Å². The minimum absolute atomic E-state index is 0.0315. The first kappa shape index (κ1) is 17.2. The molecule has 0 spiro atoms. The molecule has 0 saturated carbocycles. The second-order valence-electron chi connectivity index (χ2n) is 4.62. The predicted octanol–water partition coefficient (Wildman–Crippen LogP) is 1.91. The number of carbonyl (C=O) groups excluding carboxylic acids is 2. The minimum atomic E-state index is -0.623. The normalized spacial score (nSPS) is 10.2. The molecule has 0 aliphatic rings. The number of ether oxygens (including phenoxy) is 2. The molecule has 8 nitrogen and oxygen atoms in total. The second kappa shape index (κ2) is 7.40. The number of aromatic hydroxyl groups is 2. The lowest BCUT2D eigenvalue weighted by Gasteiger charge is -2.08. The molecule has 8 heteroatoms. The minimum Gasteiger partial charge on any atom is -0.506 e. The molecule has 2 aromatic rings. The van der Waals surface area contributed by atoms with E-state index in [-0.39, 0.29) is 47.2 Å². The Labute approximate surface area is 137 Å². The monoisotopic (exact) mass is 332 g/mol. The molecule has 0 atom stereocenters. The van der Waals surface area contributed by atoms with E-state index in [1.165, 1.54) is 24.5 Å². The zero-order valence-corrected chi connectivity index (χ0v) is 13.1. The van der Waals surface area contributed by atoms with E-state index in [4.69, 9.17) is 9.47 Å². The Morgan fingerprint density at radius 3 is 1.54 bits per heavy atom. The average Bonchev–Trinajstić information content (AvgIpc) is 2.55. The molecular weight excluding hydrogens is 316 g/mol. The number of rotatable bonds is 5. The van der Waals surface area contributed by atoms with Gasteiger partial charge in [0.25, 0.3) is 0 Å². The van der Waals surface area contributed by atoms with E-state index >= 15 is 0 Å². The topological polar surface area (TPSA) is 119 Å². The highest BCUT2D eigenvalue weighted by molar-refractivity contribution is 5.91. The van der Waals surface area contributed by atoms with Crippen LogP contribution in [0.15, 0.2) is 24.5 Å². The van der Waals surface area contributed by atoms with Crippen molar-refractivity contribution in [3.63, 3.8) is 0 Å². The van der Waals surface area contributed by atoms with E-state index < -0.39 is 11.9 Å². The lowest BCUT2D eigenvalue weighted by atomic mass is 10.1. The summed E-state index contributed by atoms with van der Waals surface area (Å²) in [7, 11) is 0. The first-order valence-corrected chi connectivity index (χ1v) is 7.20. The van der Waals surface area contributed by atoms with Gasteiger partial charge in [-0.3, -0.25) is 0 Å². The summed E-state index contributed by atoms with van der Waals surface area (Å²) < 4.78 is 9.62. The fourth-order valence-electron chi connectivity index (χ4n) is 1.92. The van der Waals surface area contributed by atoms with E-state index in [1.807, 2.05) is 0 Å². The molecule has 2 heterocycles. The highest BCUT2D eigenvalue weighted by atomic mass is 16.5. The fourth-order valence-corrected chi connectivity index (χ4v) is 1.92. The van der Waals surface area contributed by atoms with Gasteiger partial charge < -0.3 is 19.7 Å². The fraction of sp³-hybridized carbons (Fsp3) is 0.250. The van der Waals surface area contributed by atoms with Gasteiger partial charge in [0.05, 0.1) is 24.3 Å². The predicted molar refractivity (Wildman–Crippen MR) is 82.7 cm³/mol. The summed E-state index contributed by atoms with van der Waals surface area (Å²) >= 11 is 0. The molecule has 0 bridgehead atoms. The van der Waals surface area contributed by atoms with Crippen molar-refractivity contribution in [2.75, 3.05) is 13.2 Å². The molecule has 0 aliphatic carbocycles. The number of carbonyl (C=O) groups is 2. The van der Waals surface area contributed by atoms with Crippen LogP contribution in [0, 0.1) is 0 Å². The van der Waals surface area contributed by atoms with Crippen LogP contribution in [-0.4, -0.2) is 45.3 Å². The Bertz CT molecular complexity index is 710. The summed E-state index contributed by atoms with van der Waals surface area (Å²) in [4.78, 5) is 31.1. The van der Waals surface area contributed by atoms with Crippen molar-refractivity contribution >= 4 is 11.9 Å². The number of pyridine rings is 2. The molecule has 2 rings (SSSR count). The first-order valence-electron chi connectivity index (χ1n) is 7.20. The van der Waals surface area contributed by atoms with Gasteiger partial charge in [-0.1, -0.05) is 0 Å². The Morgan fingerprint density at radius 2 is 1.25 bits per heavy atom. The van der Waals surface area contributed by atoms with Crippen LogP contribution in [0.3, 0.4) is 0 Å². The van der Waals surface area contributed by atoms with Gasteiger partial charge in [0.2, 0.25) is 0 Å². The molecule has 0 aromatic carbocycles. The SMILES string of the molecule is CCOC(=O)c1cnc(-c2ncc(C(=O)OCC)cc2O)c(O)c1. The number of esters is 2.